The lowest BCUT2D eigenvalue weighted by molar-refractivity contribution is 0.326. The van der Waals surface area contributed by atoms with Gasteiger partial charge in [-0.3, -0.25) is 4.18 Å². The Morgan fingerprint density at radius 1 is 1.19 bits per heavy atom. The largest absolute Gasteiger partial charge is 0.324 e. The zero-order valence-electron chi connectivity index (χ0n) is 11.3. The molecule has 0 amide bonds. The molecule has 0 spiro atoms. The highest BCUT2D eigenvalue weighted by Crippen LogP contribution is 2.15. The first-order chi connectivity index (χ1) is 9.92. The van der Waals surface area contributed by atoms with Crippen molar-refractivity contribution in [3.63, 3.8) is 0 Å². The molecule has 0 bridgehead atoms. The van der Waals surface area contributed by atoms with Crippen molar-refractivity contribution in [1.82, 2.24) is 9.97 Å². The zero-order valence-corrected chi connectivity index (χ0v) is 13.7. The molecule has 0 saturated carbocycles. The number of rotatable bonds is 6. The number of anilines is 2. The maximum absolute atomic E-state index is 10.9. The van der Waals surface area contributed by atoms with E-state index in [9.17, 15) is 8.42 Å². The monoisotopic (exact) mass is 371 g/mol. The van der Waals surface area contributed by atoms with E-state index in [2.05, 4.69) is 31.2 Å². The molecule has 0 aliphatic carbocycles. The maximum Gasteiger partial charge on any atom is 0.264 e. The van der Waals surface area contributed by atoms with Gasteiger partial charge in [-0.15, -0.1) is 0 Å². The van der Waals surface area contributed by atoms with Gasteiger partial charge in [0.05, 0.1) is 17.3 Å². The van der Waals surface area contributed by atoms with Gasteiger partial charge in [0.2, 0.25) is 5.95 Å². The summed E-state index contributed by atoms with van der Waals surface area (Å²) < 4.78 is 27.2. The van der Waals surface area contributed by atoms with Crippen LogP contribution in [0.15, 0.2) is 41.1 Å². The normalized spacial score (nSPS) is 11.3. The average molecular weight is 372 g/mol. The molecular weight excluding hydrogens is 358 g/mol. The Labute approximate surface area is 131 Å². The van der Waals surface area contributed by atoms with Gasteiger partial charge in [0.25, 0.3) is 10.1 Å². The fourth-order valence-corrected chi connectivity index (χ4v) is 2.16. The van der Waals surface area contributed by atoms with Crippen molar-refractivity contribution in [2.75, 3.05) is 18.2 Å². The Kier molecular flexibility index (Phi) is 5.27. The highest BCUT2D eigenvalue weighted by molar-refractivity contribution is 9.10. The molecule has 0 atom stereocenters. The molecule has 2 aromatic rings. The number of nitrogens with one attached hydrogen (secondary N) is 1. The molecular formula is C13H14BrN3O3S. The van der Waals surface area contributed by atoms with E-state index in [1.807, 2.05) is 24.3 Å². The van der Waals surface area contributed by atoms with E-state index < -0.39 is 10.1 Å². The van der Waals surface area contributed by atoms with Gasteiger partial charge in [0.1, 0.15) is 0 Å². The van der Waals surface area contributed by atoms with Gasteiger partial charge in [-0.1, -0.05) is 12.1 Å². The summed E-state index contributed by atoms with van der Waals surface area (Å²) in [5, 5.41) is 3.07. The van der Waals surface area contributed by atoms with Crippen LogP contribution < -0.4 is 5.32 Å². The van der Waals surface area contributed by atoms with Gasteiger partial charge in [0, 0.05) is 18.1 Å². The van der Waals surface area contributed by atoms with E-state index >= 15 is 0 Å². The van der Waals surface area contributed by atoms with Gasteiger partial charge in [-0.05, 0) is 40.0 Å². The minimum absolute atomic E-state index is 0.140. The van der Waals surface area contributed by atoms with Crippen LogP contribution in [0.25, 0.3) is 0 Å². The van der Waals surface area contributed by atoms with E-state index in [4.69, 9.17) is 4.18 Å². The average Bonchev–Trinajstić information content (AvgIpc) is 2.42. The van der Waals surface area contributed by atoms with Crippen LogP contribution in [0.5, 0.6) is 0 Å². The number of hydrogen-bond acceptors (Lipinski definition) is 6. The van der Waals surface area contributed by atoms with Crippen molar-refractivity contribution in [2.45, 2.75) is 6.42 Å². The number of halogens is 1. The molecule has 112 valence electrons. The van der Waals surface area contributed by atoms with Crippen molar-refractivity contribution in [2.24, 2.45) is 0 Å². The highest BCUT2D eigenvalue weighted by Gasteiger charge is 2.02. The molecule has 1 aromatic heterocycles. The lowest BCUT2D eigenvalue weighted by atomic mass is 10.1. The summed E-state index contributed by atoms with van der Waals surface area (Å²) in [5.74, 6) is 0.506. The molecule has 8 heteroatoms. The maximum atomic E-state index is 10.9. The van der Waals surface area contributed by atoms with Gasteiger partial charge < -0.3 is 5.32 Å². The standard InChI is InChI=1S/C13H14BrN3O3S/c1-21(18,19)20-7-6-10-2-4-12(5-3-10)17-13-15-8-11(14)9-16-13/h2-5,8-9H,6-7H2,1H3,(H,15,16,17). The van der Waals surface area contributed by atoms with E-state index in [0.29, 0.717) is 12.4 Å². The van der Waals surface area contributed by atoms with Crippen LogP contribution in [0.2, 0.25) is 0 Å². The molecule has 1 N–H and O–H groups in total. The Hall–Kier alpha value is -1.51. The van der Waals surface area contributed by atoms with Crippen LogP contribution in [0, 0.1) is 0 Å². The van der Waals surface area contributed by atoms with Crippen LogP contribution in [-0.4, -0.2) is 31.2 Å². The van der Waals surface area contributed by atoms with Gasteiger partial charge >= 0.3 is 0 Å². The van der Waals surface area contributed by atoms with Crippen LogP contribution in [0.4, 0.5) is 11.6 Å². The summed E-state index contributed by atoms with van der Waals surface area (Å²) >= 11 is 3.27. The SMILES string of the molecule is CS(=O)(=O)OCCc1ccc(Nc2ncc(Br)cn2)cc1. The van der Waals surface area contributed by atoms with Crippen LogP contribution in [0.3, 0.4) is 0 Å². The van der Waals surface area contributed by atoms with E-state index in [0.717, 1.165) is 22.0 Å². The number of hydrogen-bond donors (Lipinski definition) is 1. The molecule has 0 aliphatic rings. The van der Waals surface area contributed by atoms with Crippen molar-refractivity contribution >= 4 is 37.7 Å². The van der Waals surface area contributed by atoms with E-state index in [1.54, 1.807) is 12.4 Å². The predicted octanol–water partition coefficient (Wildman–Crippen LogP) is 2.50. The zero-order chi connectivity index (χ0) is 15.3. The minimum Gasteiger partial charge on any atom is -0.324 e. The Bertz CT molecular complexity index is 688. The number of benzene rings is 1. The number of nitrogens with zero attached hydrogens (tertiary/aromatic N) is 2. The fourth-order valence-electron chi connectivity index (χ4n) is 1.57. The molecule has 0 aliphatic heterocycles. The summed E-state index contributed by atoms with van der Waals surface area (Å²) in [4.78, 5) is 8.23. The Morgan fingerprint density at radius 2 is 1.81 bits per heavy atom. The topological polar surface area (TPSA) is 81.2 Å². The van der Waals surface area contributed by atoms with Crippen LogP contribution >= 0.6 is 15.9 Å². The Balaban J connectivity index is 1.91. The van der Waals surface area contributed by atoms with E-state index in [-0.39, 0.29) is 6.61 Å². The lowest BCUT2D eigenvalue weighted by Crippen LogP contribution is -2.06. The first-order valence-corrected chi connectivity index (χ1v) is 8.71. The number of aromatic nitrogens is 2. The van der Waals surface area contributed by atoms with Crippen molar-refractivity contribution in [3.05, 3.63) is 46.7 Å². The smallest absolute Gasteiger partial charge is 0.264 e. The summed E-state index contributed by atoms with van der Waals surface area (Å²) in [7, 11) is -3.38. The van der Waals surface area contributed by atoms with E-state index in [1.165, 1.54) is 0 Å². The quantitative estimate of drug-likeness (QED) is 0.785. The molecule has 6 nitrogen and oxygen atoms in total. The molecule has 2 rings (SSSR count). The first-order valence-electron chi connectivity index (χ1n) is 6.10. The summed E-state index contributed by atoms with van der Waals surface area (Å²) in [6.07, 6.45) is 4.89. The third kappa shape index (κ3) is 5.78. The van der Waals surface area contributed by atoms with Gasteiger partial charge in [-0.25, -0.2) is 9.97 Å². The predicted molar refractivity (Wildman–Crippen MR) is 84.0 cm³/mol. The third-order valence-electron chi connectivity index (χ3n) is 2.52. The lowest BCUT2D eigenvalue weighted by Gasteiger charge is -2.06. The molecule has 1 heterocycles. The first kappa shape index (κ1) is 15.9. The summed E-state index contributed by atoms with van der Waals surface area (Å²) in [6.45, 7) is 0.140. The van der Waals surface area contributed by atoms with Crippen molar-refractivity contribution in [1.29, 1.82) is 0 Å². The van der Waals surface area contributed by atoms with Gasteiger partial charge in [-0.2, -0.15) is 8.42 Å². The second-order valence-corrected chi connectivity index (χ2v) is 6.88. The fraction of sp³-hybridized carbons (Fsp3) is 0.231. The molecule has 1 aromatic carbocycles. The summed E-state index contributed by atoms with van der Waals surface area (Å²) in [5.41, 5.74) is 1.84. The highest BCUT2D eigenvalue weighted by atomic mass is 79.9. The van der Waals surface area contributed by atoms with Crippen molar-refractivity contribution < 1.29 is 12.6 Å². The molecule has 0 unspecified atom stereocenters. The second-order valence-electron chi connectivity index (χ2n) is 4.32. The van der Waals surface area contributed by atoms with Gasteiger partial charge in [0.15, 0.2) is 0 Å². The molecule has 0 fully saturated rings. The molecule has 0 radical (unpaired) electrons. The second kappa shape index (κ2) is 6.97. The van der Waals surface area contributed by atoms with Crippen LogP contribution in [-0.2, 0) is 20.7 Å². The molecule has 21 heavy (non-hydrogen) atoms. The minimum atomic E-state index is -3.38. The van der Waals surface area contributed by atoms with Crippen molar-refractivity contribution in [3.8, 4) is 0 Å². The third-order valence-corrected chi connectivity index (χ3v) is 3.52. The summed E-state index contributed by atoms with van der Waals surface area (Å²) in [6, 6.07) is 7.54. The molecule has 0 saturated heterocycles. The van der Waals surface area contributed by atoms with Crippen LogP contribution in [0.1, 0.15) is 5.56 Å². The Morgan fingerprint density at radius 3 is 2.38 bits per heavy atom.